The largest absolute Gasteiger partial charge is 0.480 e. The molecule has 2 unspecified atom stereocenters. The van der Waals surface area contributed by atoms with E-state index >= 15 is 0 Å². The molecule has 23 heavy (non-hydrogen) atoms. The van der Waals surface area contributed by atoms with Crippen molar-refractivity contribution >= 4 is 5.97 Å². The minimum absolute atomic E-state index is 0.227. The summed E-state index contributed by atoms with van der Waals surface area (Å²) in [5, 5.41) is 9.26. The number of hydrogen-bond acceptors (Lipinski definition) is 2. The van der Waals surface area contributed by atoms with Crippen molar-refractivity contribution in [1.82, 2.24) is 4.90 Å². The Balaban J connectivity index is 3.43. The third-order valence-corrected chi connectivity index (χ3v) is 4.86. The minimum atomic E-state index is -0.693. The lowest BCUT2D eigenvalue weighted by Crippen LogP contribution is -2.40. The number of unbranched alkanes of at least 4 members (excludes halogenated alkanes) is 11. The molecule has 0 saturated heterocycles. The second kappa shape index (κ2) is 15.0. The van der Waals surface area contributed by atoms with Gasteiger partial charge in [-0.3, -0.25) is 9.69 Å². The molecular formula is C20H41NO2. The summed E-state index contributed by atoms with van der Waals surface area (Å²) in [7, 11) is 3.72. The van der Waals surface area contributed by atoms with Gasteiger partial charge in [0.15, 0.2) is 0 Å². The predicted octanol–water partition coefficient (Wildman–Crippen LogP) is 5.73. The van der Waals surface area contributed by atoms with Crippen molar-refractivity contribution in [2.75, 3.05) is 14.1 Å². The maximum Gasteiger partial charge on any atom is 0.321 e. The first-order valence-electron chi connectivity index (χ1n) is 9.90. The second-order valence-corrected chi connectivity index (χ2v) is 7.40. The van der Waals surface area contributed by atoms with E-state index in [1.807, 2.05) is 19.0 Å². The Morgan fingerprint density at radius 1 is 0.826 bits per heavy atom. The lowest BCUT2D eigenvalue weighted by Gasteiger charge is -2.26. The summed E-state index contributed by atoms with van der Waals surface area (Å²) in [6.45, 7) is 4.33. The number of carboxylic acids is 1. The zero-order valence-corrected chi connectivity index (χ0v) is 16.1. The van der Waals surface area contributed by atoms with Crippen LogP contribution in [0.2, 0.25) is 0 Å². The molecule has 0 aromatic carbocycles. The van der Waals surface area contributed by atoms with Gasteiger partial charge in [0.05, 0.1) is 0 Å². The number of likely N-dealkylation sites (N-methyl/N-ethyl adjacent to an activating group) is 1. The number of hydrogen-bond donors (Lipinski definition) is 1. The van der Waals surface area contributed by atoms with E-state index in [4.69, 9.17) is 0 Å². The molecule has 3 nitrogen and oxygen atoms in total. The smallest absolute Gasteiger partial charge is 0.321 e. The van der Waals surface area contributed by atoms with Crippen LogP contribution in [0.15, 0.2) is 0 Å². The molecule has 0 radical (unpaired) electrons. The number of nitrogens with zero attached hydrogens (tertiary/aromatic N) is 1. The standard InChI is InChI=1S/C20H41NO2/c1-5-6-7-8-9-10-11-12-13-14-15-16-17-18(2)19(20(22)23)21(3)4/h18-19H,5-17H2,1-4H3,(H,22,23). The van der Waals surface area contributed by atoms with Crippen molar-refractivity contribution in [3.63, 3.8) is 0 Å². The van der Waals surface area contributed by atoms with Crippen LogP contribution in [0.5, 0.6) is 0 Å². The van der Waals surface area contributed by atoms with Gasteiger partial charge in [-0.25, -0.2) is 0 Å². The normalized spacial score (nSPS) is 14.1. The van der Waals surface area contributed by atoms with Crippen molar-refractivity contribution in [3.8, 4) is 0 Å². The van der Waals surface area contributed by atoms with Crippen LogP contribution in [-0.2, 0) is 4.79 Å². The Bertz CT molecular complexity index is 279. The SMILES string of the molecule is CCCCCCCCCCCCCCC(C)C(C(=O)O)N(C)C. The topological polar surface area (TPSA) is 40.5 Å². The van der Waals surface area contributed by atoms with E-state index in [2.05, 4.69) is 13.8 Å². The quantitative estimate of drug-likeness (QED) is 0.368. The van der Waals surface area contributed by atoms with Gasteiger partial charge in [-0.05, 0) is 26.4 Å². The Morgan fingerprint density at radius 3 is 1.57 bits per heavy atom. The van der Waals surface area contributed by atoms with Crippen LogP contribution in [0.25, 0.3) is 0 Å². The fraction of sp³-hybridized carbons (Fsp3) is 0.950. The Morgan fingerprint density at radius 2 is 1.22 bits per heavy atom. The van der Waals surface area contributed by atoms with Crippen LogP contribution in [0, 0.1) is 5.92 Å². The molecular weight excluding hydrogens is 286 g/mol. The number of carboxylic acid groups (broad SMARTS) is 1. The molecule has 0 spiro atoms. The van der Waals surface area contributed by atoms with Crippen LogP contribution in [0.1, 0.15) is 97.3 Å². The van der Waals surface area contributed by atoms with Gasteiger partial charge in [-0.2, -0.15) is 0 Å². The average molecular weight is 328 g/mol. The van der Waals surface area contributed by atoms with Gasteiger partial charge in [-0.15, -0.1) is 0 Å². The van der Waals surface area contributed by atoms with Gasteiger partial charge in [0, 0.05) is 0 Å². The maximum atomic E-state index is 11.3. The van der Waals surface area contributed by atoms with Gasteiger partial charge < -0.3 is 5.11 Å². The summed E-state index contributed by atoms with van der Waals surface area (Å²) in [4.78, 5) is 13.1. The maximum absolute atomic E-state index is 11.3. The molecule has 0 heterocycles. The molecule has 0 bridgehead atoms. The summed E-state index contributed by atoms with van der Waals surface area (Å²) in [5.74, 6) is -0.466. The minimum Gasteiger partial charge on any atom is -0.480 e. The van der Waals surface area contributed by atoms with Crippen LogP contribution in [0.4, 0.5) is 0 Å². The zero-order chi connectivity index (χ0) is 17.5. The number of aliphatic carboxylic acids is 1. The van der Waals surface area contributed by atoms with Crippen molar-refractivity contribution in [2.45, 2.75) is 103 Å². The first-order valence-corrected chi connectivity index (χ1v) is 9.90. The third-order valence-electron chi connectivity index (χ3n) is 4.86. The van der Waals surface area contributed by atoms with Gasteiger partial charge in [0.25, 0.3) is 0 Å². The van der Waals surface area contributed by atoms with Crippen LogP contribution < -0.4 is 0 Å². The summed E-state index contributed by atoms with van der Waals surface area (Å²) in [6, 6.07) is -0.345. The molecule has 0 fully saturated rings. The van der Waals surface area contributed by atoms with Gasteiger partial charge in [-0.1, -0.05) is 90.9 Å². The first kappa shape index (κ1) is 22.4. The monoisotopic (exact) mass is 327 g/mol. The van der Waals surface area contributed by atoms with Crippen molar-refractivity contribution in [3.05, 3.63) is 0 Å². The molecule has 138 valence electrons. The van der Waals surface area contributed by atoms with Crippen LogP contribution in [-0.4, -0.2) is 36.1 Å². The third kappa shape index (κ3) is 12.5. The fourth-order valence-corrected chi connectivity index (χ4v) is 3.44. The van der Waals surface area contributed by atoms with E-state index < -0.39 is 5.97 Å². The highest BCUT2D eigenvalue weighted by atomic mass is 16.4. The Hall–Kier alpha value is -0.570. The van der Waals surface area contributed by atoms with Gasteiger partial charge >= 0.3 is 5.97 Å². The summed E-state index contributed by atoms with van der Waals surface area (Å²) >= 11 is 0. The predicted molar refractivity (Wildman–Crippen MR) is 100.0 cm³/mol. The van der Waals surface area contributed by atoms with E-state index in [0.29, 0.717) is 0 Å². The van der Waals surface area contributed by atoms with E-state index in [0.717, 1.165) is 12.8 Å². The summed E-state index contributed by atoms with van der Waals surface area (Å²) < 4.78 is 0. The van der Waals surface area contributed by atoms with E-state index in [1.165, 1.54) is 70.6 Å². The Labute approximate surface area is 144 Å². The molecule has 0 aliphatic carbocycles. The molecule has 2 atom stereocenters. The molecule has 1 N–H and O–H groups in total. The lowest BCUT2D eigenvalue weighted by atomic mass is 9.94. The van der Waals surface area contributed by atoms with Crippen molar-refractivity contribution in [1.29, 1.82) is 0 Å². The van der Waals surface area contributed by atoms with Gasteiger partial charge in [0.2, 0.25) is 0 Å². The van der Waals surface area contributed by atoms with Crippen molar-refractivity contribution in [2.24, 2.45) is 5.92 Å². The molecule has 0 rings (SSSR count). The lowest BCUT2D eigenvalue weighted by molar-refractivity contribution is -0.144. The highest BCUT2D eigenvalue weighted by Gasteiger charge is 2.25. The molecule has 0 aliphatic heterocycles. The zero-order valence-electron chi connectivity index (χ0n) is 16.1. The average Bonchev–Trinajstić information content (AvgIpc) is 2.47. The van der Waals surface area contributed by atoms with Gasteiger partial charge in [0.1, 0.15) is 6.04 Å². The summed E-state index contributed by atoms with van der Waals surface area (Å²) in [6.07, 6.45) is 17.2. The molecule has 0 saturated carbocycles. The van der Waals surface area contributed by atoms with Crippen LogP contribution >= 0.6 is 0 Å². The van der Waals surface area contributed by atoms with Crippen LogP contribution in [0.3, 0.4) is 0 Å². The molecule has 0 aromatic heterocycles. The highest BCUT2D eigenvalue weighted by Crippen LogP contribution is 2.18. The van der Waals surface area contributed by atoms with E-state index in [9.17, 15) is 9.90 Å². The number of carbonyl (C=O) groups is 1. The second-order valence-electron chi connectivity index (χ2n) is 7.40. The van der Waals surface area contributed by atoms with E-state index in [-0.39, 0.29) is 12.0 Å². The Kier molecular flexibility index (Phi) is 14.6. The molecule has 0 aliphatic rings. The molecule has 0 amide bonds. The first-order chi connectivity index (χ1) is 11.0. The van der Waals surface area contributed by atoms with Crippen molar-refractivity contribution < 1.29 is 9.90 Å². The van der Waals surface area contributed by atoms with E-state index in [1.54, 1.807) is 0 Å². The molecule has 0 aromatic rings. The summed E-state index contributed by atoms with van der Waals surface area (Å²) in [5.41, 5.74) is 0. The highest BCUT2D eigenvalue weighted by molar-refractivity contribution is 5.73. The fourth-order valence-electron chi connectivity index (χ4n) is 3.44. The number of rotatable bonds is 16. The molecule has 3 heteroatoms.